The first-order valence-electron chi connectivity index (χ1n) is 7.58. The normalized spacial score (nSPS) is 10.2. The number of rotatable bonds is 5. The van der Waals surface area contributed by atoms with Crippen molar-refractivity contribution in [2.75, 3.05) is 17.7 Å². The van der Waals surface area contributed by atoms with Crippen molar-refractivity contribution in [2.45, 2.75) is 0 Å². The molecule has 2 aromatic carbocycles. The van der Waals surface area contributed by atoms with Crippen LogP contribution in [0.25, 0.3) is 0 Å². The largest absolute Gasteiger partial charge is 0.497 e. The molecule has 1 aromatic heterocycles. The van der Waals surface area contributed by atoms with Crippen molar-refractivity contribution in [2.24, 2.45) is 0 Å². The predicted molar refractivity (Wildman–Crippen MR) is 99.9 cm³/mol. The third-order valence-corrected chi connectivity index (χ3v) is 3.71. The number of hydrogen-bond acceptors (Lipinski definition) is 4. The highest BCUT2D eigenvalue weighted by Crippen LogP contribution is 2.20. The van der Waals surface area contributed by atoms with E-state index < -0.39 is 0 Å². The average molecular weight is 354 g/mol. The van der Waals surface area contributed by atoms with Gasteiger partial charge in [0, 0.05) is 16.3 Å². The van der Waals surface area contributed by atoms with Crippen LogP contribution in [0.4, 0.5) is 17.2 Å². The number of nitrogens with zero attached hydrogens (tertiary/aromatic N) is 1. The minimum absolute atomic E-state index is 0.231. The summed E-state index contributed by atoms with van der Waals surface area (Å²) >= 11 is 5.96. The van der Waals surface area contributed by atoms with Gasteiger partial charge in [0.05, 0.1) is 19.0 Å². The summed E-state index contributed by atoms with van der Waals surface area (Å²) in [6.45, 7) is 0. The van der Waals surface area contributed by atoms with E-state index in [9.17, 15) is 4.79 Å². The van der Waals surface area contributed by atoms with Crippen LogP contribution >= 0.6 is 11.6 Å². The van der Waals surface area contributed by atoms with E-state index in [-0.39, 0.29) is 5.91 Å². The molecule has 2 N–H and O–H groups in total. The van der Waals surface area contributed by atoms with E-state index in [4.69, 9.17) is 16.3 Å². The highest BCUT2D eigenvalue weighted by atomic mass is 35.5. The van der Waals surface area contributed by atoms with Gasteiger partial charge < -0.3 is 15.4 Å². The van der Waals surface area contributed by atoms with Crippen LogP contribution in [0.5, 0.6) is 5.75 Å². The molecule has 5 nitrogen and oxygen atoms in total. The van der Waals surface area contributed by atoms with Gasteiger partial charge in [0.15, 0.2) is 0 Å². The molecule has 0 fully saturated rings. The van der Waals surface area contributed by atoms with E-state index in [2.05, 4.69) is 15.6 Å². The number of halogens is 1. The smallest absolute Gasteiger partial charge is 0.256 e. The fourth-order valence-electron chi connectivity index (χ4n) is 2.21. The summed E-state index contributed by atoms with van der Waals surface area (Å²) in [5, 5.41) is 6.61. The highest BCUT2D eigenvalue weighted by Gasteiger charge is 2.07. The first-order valence-corrected chi connectivity index (χ1v) is 7.96. The van der Waals surface area contributed by atoms with Crippen LogP contribution < -0.4 is 15.4 Å². The maximum atomic E-state index is 12.2. The van der Waals surface area contributed by atoms with Gasteiger partial charge in [-0.2, -0.15) is 0 Å². The molecule has 0 spiro atoms. The second kappa shape index (κ2) is 7.68. The van der Waals surface area contributed by atoms with Gasteiger partial charge >= 0.3 is 0 Å². The van der Waals surface area contributed by atoms with E-state index in [0.29, 0.717) is 22.2 Å². The van der Waals surface area contributed by atoms with Crippen molar-refractivity contribution in [3.8, 4) is 5.75 Å². The number of nitrogens with one attached hydrogen (secondary N) is 2. The molecule has 3 rings (SSSR count). The lowest BCUT2D eigenvalue weighted by atomic mass is 10.2. The number of hydrogen-bond donors (Lipinski definition) is 2. The Morgan fingerprint density at radius 1 is 1.04 bits per heavy atom. The lowest BCUT2D eigenvalue weighted by Gasteiger charge is -2.08. The molecule has 0 saturated carbocycles. The zero-order valence-electron chi connectivity index (χ0n) is 13.5. The van der Waals surface area contributed by atoms with E-state index in [1.54, 1.807) is 43.6 Å². The van der Waals surface area contributed by atoms with Gasteiger partial charge in [0.1, 0.15) is 11.6 Å². The Balaban J connectivity index is 1.64. The van der Waals surface area contributed by atoms with E-state index >= 15 is 0 Å². The molecule has 0 aliphatic heterocycles. The van der Waals surface area contributed by atoms with Crippen molar-refractivity contribution in [1.82, 2.24) is 4.98 Å². The maximum Gasteiger partial charge on any atom is 0.256 e. The number of amides is 1. The molecule has 0 aliphatic carbocycles. The lowest BCUT2D eigenvalue weighted by molar-refractivity contribution is 0.102. The molecule has 1 amide bonds. The molecular formula is C19H16ClN3O2. The van der Waals surface area contributed by atoms with Gasteiger partial charge in [0.2, 0.25) is 0 Å². The Labute approximate surface area is 150 Å². The Hall–Kier alpha value is -3.05. The van der Waals surface area contributed by atoms with E-state index in [1.807, 2.05) is 30.3 Å². The molecular weight excluding hydrogens is 338 g/mol. The number of benzene rings is 2. The van der Waals surface area contributed by atoms with Crippen molar-refractivity contribution >= 4 is 34.7 Å². The third kappa shape index (κ3) is 4.49. The molecule has 0 radical (unpaired) electrons. The first-order chi connectivity index (χ1) is 12.1. The Bertz CT molecular complexity index is 865. The van der Waals surface area contributed by atoms with E-state index in [0.717, 1.165) is 11.4 Å². The molecule has 0 atom stereocenters. The fraction of sp³-hybridized carbons (Fsp3) is 0.0526. The molecule has 6 heteroatoms. The van der Waals surface area contributed by atoms with Crippen molar-refractivity contribution in [3.63, 3.8) is 0 Å². The Morgan fingerprint density at radius 2 is 1.84 bits per heavy atom. The van der Waals surface area contributed by atoms with Gasteiger partial charge in [-0.15, -0.1) is 0 Å². The predicted octanol–water partition coefficient (Wildman–Crippen LogP) is 4.74. The van der Waals surface area contributed by atoms with Crippen LogP contribution in [-0.4, -0.2) is 18.0 Å². The fourth-order valence-corrected chi connectivity index (χ4v) is 2.40. The molecule has 0 saturated heterocycles. The number of carbonyl (C=O) groups excluding carboxylic acids is 1. The quantitative estimate of drug-likeness (QED) is 0.695. The zero-order chi connectivity index (χ0) is 17.6. The van der Waals surface area contributed by atoms with Crippen molar-refractivity contribution in [3.05, 3.63) is 77.4 Å². The van der Waals surface area contributed by atoms with Crippen LogP contribution in [0.2, 0.25) is 5.02 Å². The van der Waals surface area contributed by atoms with Crippen LogP contribution in [-0.2, 0) is 0 Å². The van der Waals surface area contributed by atoms with Gasteiger partial charge in [-0.1, -0.05) is 17.7 Å². The number of carbonyl (C=O) groups is 1. The average Bonchev–Trinajstić information content (AvgIpc) is 2.63. The summed E-state index contributed by atoms with van der Waals surface area (Å²) in [7, 11) is 1.58. The molecule has 3 aromatic rings. The zero-order valence-corrected chi connectivity index (χ0v) is 14.2. The number of aromatic nitrogens is 1. The second-order valence-corrected chi connectivity index (χ2v) is 5.69. The summed E-state index contributed by atoms with van der Waals surface area (Å²) < 4.78 is 5.08. The maximum absolute atomic E-state index is 12.2. The SMILES string of the molecule is COc1ccc(C(=O)Nc2ccc(Nc3cccc(Cl)c3)cn2)cc1. The van der Waals surface area contributed by atoms with Crippen LogP contribution in [0.1, 0.15) is 10.4 Å². The van der Waals surface area contributed by atoms with Crippen LogP contribution in [0.3, 0.4) is 0 Å². The summed E-state index contributed by atoms with van der Waals surface area (Å²) in [4.78, 5) is 16.4. The standard InChI is InChI=1S/C19H16ClN3O2/c1-25-17-8-5-13(6-9-17)19(24)23-18-10-7-16(12-21-18)22-15-4-2-3-14(20)11-15/h2-12,22H,1H3,(H,21,23,24). The Morgan fingerprint density at radius 3 is 2.48 bits per heavy atom. The van der Waals surface area contributed by atoms with Gasteiger partial charge in [-0.25, -0.2) is 4.98 Å². The molecule has 0 unspecified atom stereocenters. The third-order valence-electron chi connectivity index (χ3n) is 3.47. The van der Waals surface area contributed by atoms with Crippen LogP contribution in [0, 0.1) is 0 Å². The van der Waals surface area contributed by atoms with Crippen molar-refractivity contribution in [1.29, 1.82) is 0 Å². The molecule has 126 valence electrons. The molecule has 0 bridgehead atoms. The summed E-state index contributed by atoms with van der Waals surface area (Å²) in [6.07, 6.45) is 1.64. The number of anilines is 3. The summed E-state index contributed by atoms with van der Waals surface area (Å²) in [6, 6.07) is 17.8. The summed E-state index contributed by atoms with van der Waals surface area (Å²) in [5.41, 5.74) is 2.19. The monoisotopic (exact) mass is 353 g/mol. The number of pyridine rings is 1. The number of ether oxygens (including phenoxy) is 1. The molecule has 25 heavy (non-hydrogen) atoms. The van der Waals surface area contributed by atoms with Gasteiger partial charge in [0.25, 0.3) is 5.91 Å². The minimum Gasteiger partial charge on any atom is -0.497 e. The topological polar surface area (TPSA) is 63.2 Å². The number of methoxy groups -OCH3 is 1. The molecule has 0 aliphatic rings. The first kappa shape index (κ1) is 16.8. The Kier molecular flexibility index (Phi) is 5.16. The second-order valence-electron chi connectivity index (χ2n) is 5.25. The van der Waals surface area contributed by atoms with Gasteiger partial charge in [-0.3, -0.25) is 4.79 Å². The highest BCUT2D eigenvalue weighted by molar-refractivity contribution is 6.30. The van der Waals surface area contributed by atoms with Crippen LogP contribution in [0.15, 0.2) is 66.9 Å². The molecule has 1 heterocycles. The van der Waals surface area contributed by atoms with E-state index in [1.165, 1.54) is 0 Å². The van der Waals surface area contributed by atoms with Crippen molar-refractivity contribution < 1.29 is 9.53 Å². The lowest BCUT2D eigenvalue weighted by Crippen LogP contribution is -2.12. The van der Waals surface area contributed by atoms with Gasteiger partial charge in [-0.05, 0) is 54.6 Å². The summed E-state index contributed by atoms with van der Waals surface area (Å²) in [5.74, 6) is 0.939. The minimum atomic E-state index is -0.231.